The van der Waals surface area contributed by atoms with Crippen LogP contribution in [0.25, 0.3) is 0 Å². The third-order valence-electron chi connectivity index (χ3n) is 4.29. The van der Waals surface area contributed by atoms with Gasteiger partial charge in [0.1, 0.15) is 17.6 Å². The van der Waals surface area contributed by atoms with Crippen LogP contribution in [0.3, 0.4) is 0 Å². The summed E-state index contributed by atoms with van der Waals surface area (Å²) >= 11 is 0. The van der Waals surface area contributed by atoms with E-state index in [1.54, 1.807) is 54.6 Å². The van der Waals surface area contributed by atoms with Gasteiger partial charge in [-0.25, -0.2) is 0 Å². The normalized spacial score (nSPS) is 22.0. The number of fused-ring (bicyclic) bond motifs is 1. The summed E-state index contributed by atoms with van der Waals surface area (Å²) in [6, 6.07) is 17.5. The van der Waals surface area contributed by atoms with E-state index in [9.17, 15) is 4.57 Å². The second-order valence-electron chi connectivity index (χ2n) is 6.31. The molecule has 6 nitrogen and oxygen atoms in total. The minimum Gasteiger partial charge on any atom is -0.459 e. The van der Waals surface area contributed by atoms with Gasteiger partial charge in [-0.1, -0.05) is 36.4 Å². The van der Waals surface area contributed by atoms with Gasteiger partial charge < -0.3 is 23.0 Å². The number of benzene rings is 2. The van der Waals surface area contributed by atoms with Crippen LogP contribution in [-0.2, 0) is 18.6 Å². The van der Waals surface area contributed by atoms with E-state index in [1.165, 1.54) is 0 Å². The Kier molecular flexibility index (Phi) is 5.37. The lowest BCUT2D eigenvalue weighted by molar-refractivity contribution is -0.115. The fourth-order valence-corrected chi connectivity index (χ4v) is 4.23. The number of phosphoric ester groups is 1. The molecule has 0 bridgehead atoms. The summed E-state index contributed by atoms with van der Waals surface area (Å²) in [5.41, 5.74) is 0. The van der Waals surface area contributed by atoms with Gasteiger partial charge >= 0.3 is 7.82 Å². The summed E-state index contributed by atoms with van der Waals surface area (Å²) in [6.07, 6.45) is 4.05. The van der Waals surface area contributed by atoms with Crippen molar-refractivity contribution in [3.05, 3.63) is 72.7 Å². The molecule has 1 fully saturated rings. The van der Waals surface area contributed by atoms with Crippen LogP contribution in [0, 0.1) is 0 Å². The fraction of sp³-hybridized carbons (Fsp3) is 0.300. The SMILES string of the molecule is O=P(OC1=CC[C@H]2OCCC[C@@H]2O1)(Oc1ccccc1)Oc1ccccc1. The van der Waals surface area contributed by atoms with Crippen LogP contribution in [0.4, 0.5) is 0 Å². The summed E-state index contributed by atoms with van der Waals surface area (Å²) in [5.74, 6) is 0.913. The highest BCUT2D eigenvalue weighted by molar-refractivity contribution is 7.49. The van der Waals surface area contributed by atoms with Crippen molar-refractivity contribution < 1.29 is 27.6 Å². The molecule has 7 heteroatoms. The Bertz CT molecular complexity index is 777. The van der Waals surface area contributed by atoms with E-state index in [-0.39, 0.29) is 18.2 Å². The van der Waals surface area contributed by atoms with Crippen LogP contribution < -0.4 is 9.05 Å². The van der Waals surface area contributed by atoms with E-state index in [0.29, 0.717) is 17.9 Å². The van der Waals surface area contributed by atoms with Crippen molar-refractivity contribution >= 4 is 7.82 Å². The molecule has 142 valence electrons. The smallest absolute Gasteiger partial charge is 0.459 e. The van der Waals surface area contributed by atoms with E-state index >= 15 is 0 Å². The minimum absolute atomic E-state index is 0.00979. The molecule has 0 saturated carbocycles. The first-order valence-corrected chi connectivity index (χ1v) is 10.4. The average Bonchev–Trinajstić information content (AvgIpc) is 2.69. The molecule has 4 rings (SSSR count). The molecule has 1 saturated heterocycles. The zero-order valence-corrected chi connectivity index (χ0v) is 15.6. The van der Waals surface area contributed by atoms with Gasteiger partial charge in [0.05, 0.1) is 6.10 Å². The van der Waals surface area contributed by atoms with Crippen molar-refractivity contribution in [1.82, 2.24) is 0 Å². The van der Waals surface area contributed by atoms with Crippen LogP contribution in [0.1, 0.15) is 19.3 Å². The van der Waals surface area contributed by atoms with Gasteiger partial charge in [0.2, 0.25) is 0 Å². The van der Waals surface area contributed by atoms with Crippen LogP contribution in [0.15, 0.2) is 72.7 Å². The number of para-hydroxylation sites is 2. The highest BCUT2D eigenvalue weighted by atomic mass is 31.2. The summed E-state index contributed by atoms with van der Waals surface area (Å²) in [4.78, 5) is 0. The minimum atomic E-state index is -4.01. The van der Waals surface area contributed by atoms with Crippen LogP contribution in [0.2, 0.25) is 0 Å². The zero-order chi connectivity index (χ0) is 18.5. The van der Waals surface area contributed by atoms with Gasteiger partial charge in [0, 0.05) is 13.0 Å². The maximum Gasteiger partial charge on any atom is 0.649 e. The first-order chi connectivity index (χ1) is 13.2. The topological polar surface area (TPSA) is 63.2 Å². The summed E-state index contributed by atoms with van der Waals surface area (Å²) in [6.45, 7) is 0.737. The predicted octanol–water partition coefficient (Wildman–Crippen LogP) is 5.08. The van der Waals surface area contributed by atoms with Gasteiger partial charge in [-0.15, -0.1) is 0 Å². The van der Waals surface area contributed by atoms with E-state index in [0.717, 1.165) is 19.4 Å². The Morgan fingerprint density at radius 1 is 0.852 bits per heavy atom. The monoisotopic (exact) mass is 388 g/mol. The van der Waals surface area contributed by atoms with Gasteiger partial charge in [0.15, 0.2) is 0 Å². The standard InChI is InChI=1S/C20H21O6P/c21-27(24-16-8-3-1-4-9-16,25-17-10-5-2-6-11-17)26-20-14-13-18-19(23-20)12-7-15-22-18/h1-6,8-11,14,18-19H,7,12-13,15H2/t18-,19+/m1/s1. The maximum absolute atomic E-state index is 13.4. The molecule has 2 aromatic rings. The molecule has 0 aliphatic carbocycles. The lowest BCUT2D eigenvalue weighted by Gasteiger charge is -2.35. The number of hydrogen-bond acceptors (Lipinski definition) is 6. The van der Waals surface area contributed by atoms with E-state index in [2.05, 4.69) is 0 Å². The molecule has 0 radical (unpaired) electrons. The highest BCUT2D eigenvalue weighted by Crippen LogP contribution is 2.52. The molecule has 2 aromatic carbocycles. The first-order valence-electron chi connectivity index (χ1n) is 8.97. The third-order valence-corrected chi connectivity index (χ3v) is 5.56. The van der Waals surface area contributed by atoms with E-state index in [1.807, 2.05) is 12.1 Å². The van der Waals surface area contributed by atoms with E-state index in [4.69, 9.17) is 23.0 Å². The molecule has 0 unspecified atom stereocenters. The number of rotatable bonds is 6. The third kappa shape index (κ3) is 4.65. The second kappa shape index (κ2) is 8.07. The van der Waals surface area contributed by atoms with Crippen molar-refractivity contribution in [3.8, 4) is 11.5 Å². The Labute approximate surface area is 158 Å². The summed E-state index contributed by atoms with van der Waals surface area (Å²) in [7, 11) is -4.01. The van der Waals surface area contributed by atoms with Gasteiger partial charge in [-0.3, -0.25) is 0 Å². The number of phosphoric acid groups is 1. The highest BCUT2D eigenvalue weighted by Gasteiger charge is 2.38. The van der Waals surface area contributed by atoms with Crippen molar-refractivity contribution in [2.24, 2.45) is 0 Å². The fourth-order valence-electron chi connectivity index (χ4n) is 3.02. The average molecular weight is 388 g/mol. The molecule has 2 aliphatic heterocycles. The lowest BCUT2D eigenvalue weighted by atomic mass is 10.0. The molecule has 2 aliphatic rings. The molecular weight excluding hydrogens is 367 g/mol. The zero-order valence-electron chi connectivity index (χ0n) is 14.7. The number of ether oxygens (including phenoxy) is 2. The Balaban J connectivity index is 1.54. The van der Waals surface area contributed by atoms with Gasteiger partial charge in [-0.2, -0.15) is 4.57 Å². The number of hydrogen-bond donors (Lipinski definition) is 0. The molecule has 27 heavy (non-hydrogen) atoms. The molecule has 0 aromatic heterocycles. The molecule has 0 N–H and O–H groups in total. The largest absolute Gasteiger partial charge is 0.649 e. The van der Waals surface area contributed by atoms with Crippen LogP contribution in [0.5, 0.6) is 11.5 Å². The maximum atomic E-state index is 13.4. The summed E-state index contributed by atoms with van der Waals surface area (Å²) in [5, 5.41) is 0. The van der Waals surface area contributed by atoms with E-state index < -0.39 is 7.82 Å². The van der Waals surface area contributed by atoms with Gasteiger partial charge in [-0.05, 0) is 43.2 Å². The van der Waals surface area contributed by atoms with Crippen LogP contribution >= 0.6 is 7.82 Å². The quantitative estimate of drug-likeness (QED) is 0.643. The van der Waals surface area contributed by atoms with Crippen molar-refractivity contribution in [2.75, 3.05) is 6.61 Å². The Hall–Kier alpha value is -2.43. The Morgan fingerprint density at radius 2 is 1.48 bits per heavy atom. The molecule has 2 heterocycles. The predicted molar refractivity (Wildman–Crippen MR) is 99.4 cm³/mol. The Morgan fingerprint density at radius 3 is 2.11 bits per heavy atom. The molecule has 0 amide bonds. The molecule has 2 atom stereocenters. The molecule has 0 spiro atoms. The first kappa shape index (κ1) is 18.0. The molecular formula is C20H21O6P. The lowest BCUT2D eigenvalue weighted by Crippen LogP contribution is -2.38. The van der Waals surface area contributed by atoms with Crippen molar-refractivity contribution in [3.63, 3.8) is 0 Å². The second-order valence-corrected chi connectivity index (χ2v) is 7.76. The van der Waals surface area contributed by atoms with Crippen LogP contribution in [-0.4, -0.2) is 18.8 Å². The summed E-state index contributed by atoms with van der Waals surface area (Å²) < 4.78 is 41.7. The van der Waals surface area contributed by atoms with Crippen molar-refractivity contribution in [1.29, 1.82) is 0 Å². The van der Waals surface area contributed by atoms with Gasteiger partial charge in [0.25, 0.3) is 5.95 Å². The van der Waals surface area contributed by atoms with Crippen molar-refractivity contribution in [2.45, 2.75) is 31.5 Å².